The SMILES string of the molecule is CCCC[C@@H](O)C#CCCCCCCCSCCCS(=O)(=O)[O-].[Na+]. The maximum absolute atomic E-state index is 10.4. The van der Waals surface area contributed by atoms with Crippen LogP contribution in [0.2, 0.25) is 0 Å². The summed E-state index contributed by atoms with van der Waals surface area (Å²) in [5, 5.41) is 9.56. The second-order valence-corrected chi connectivity index (χ2v) is 8.47. The minimum Gasteiger partial charge on any atom is -0.748 e. The van der Waals surface area contributed by atoms with Crippen molar-refractivity contribution in [1.82, 2.24) is 0 Å². The Morgan fingerprint density at radius 1 is 1.04 bits per heavy atom. The van der Waals surface area contributed by atoms with Gasteiger partial charge in [0.15, 0.2) is 0 Å². The molecule has 0 rings (SSSR count). The molecule has 0 aliphatic heterocycles. The van der Waals surface area contributed by atoms with Gasteiger partial charge in [-0.2, -0.15) is 11.8 Å². The van der Waals surface area contributed by atoms with E-state index in [-0.39, 0.29) is 35.3 Å². The van der Waals surface area contributed by atoms with Crippen LogP contribution in [-0.4, -0.2) is 41.4 Å². The first-order valence-electron chi connectivity index (χ1n) is 8.63. The molecule has 0 aromatic heterocycles. The van der Waals surface area contributed by atoms with Crippen LogP contribution in [0, 0.1) is 11.8 Å². The van der Waals surface area contributed by atoms with Gasteiger partial charge in [-0.1, -0.05) is 44.9 Å². The van der Waals surface area contributed by atoms with E-state index in [0.717, 1.165) is 50.0 Å². The van der Waals surface area contributed by atoms with Crippen LogP contribution in [0.25, 0.3) is 0 Å². The average Bonchev–Trinajstić information content (AvgIpc) is 2.48. The van der Waals surface area contributed by atoms with Gasteiger partial charge in [-0.3, -0.25) is 0 Å². The summed E-state index contributed by atoms with van der Waals surface area (Å²) in [4.78, 5) is 0. The van der Waals surface area contributed by atoms with Crippen molar-refractivity contribution in [3.8, 4) is 11.8 Å². The van der Waals surface area contributed by atoms with Crippen LogP contribution in [-0.2, 0) is 10.1 Å². The largest absolute Gasteiger partial charge is 1.00 e. The Balaban J connectivity index is 0. The van der Waals surface area contributed by atoms with Crippen LogP contribution >= 0.6 is 11.8 Å². The Bertz CT molecular complexity index is 430. The standard InChI is InChI=1S/C17H32O4S2.Na/c1-2-3-12-17(18)13-9-7-5-4-6-8-10-14-22-15-11-16-23(19,20)21;/h17-18H,2-8,10-12,14-16H2,1H3,(H,19,20,21);/q;+1/p-1/t17-;/m1./s1. The molecule has 7 heteroatoms. The summed E-state index contributed by atoms with van der Waals surface area (Å²) in [6.45, 7) is 2.11. The van der Waals surface area contributed by atoms with E-state index in [1.807, 2.05) is 0 Å². The molecule has 0 unspecified atom stereocenters. The minimum absolute atomic E-state index is 0. The van der Waals surface area contributed by atoms with Gasteiger partial charge in [0, 0.05) is 12.2 Å². The molecule has 0 heterocycles. The molecule has 1 N–H and O–H groups in total. The van der Waals surface area contributed by atoms with Crippen molar-refractivity contribution in [1.29, 1.82) is 0 Å². The van der Waals surface area contributed by atoms with Gasteiger partial charge < -0.3 is 9.66 Å². The summed E-state index contributed by atoms with van der Waals surface area (Å²) in [5.74, 6) is 7.48. The maximum Gasteiger partial charge on any atom is 1.00 e. The zero-order valence-corrected chi connectivity index (χ0v) is 18.9. The molecular weight excluding hydrogens is 355 g/mol. The number of hydrogen-bond acceptors (Lipinski definition) is 5. The van der Waals surface area contributed by atoms with Gasteiger partial charge in [0.25, 0.3) is 0 Å². The Kier molecular flexibility index (Phi) is 20.9. The van der Waals surface area contributed by atoms with Crippen molar-refractivity contribution in [2.24, 2.45) is 0 Å². The first-order chi connectivity index (χ1) is 11.0. The van der Waals surface area contributed by atoms with E-state index in [2.05, 4.69) is 18.8 Å². The molecule has 0 aromatic carbocycles. The molecule has 4 nitrogen and oxygen atoms in total. The molecule has 0 fully saturated rings. The number of aliphatic hydroxyl groups excluding tert-OH is 1. The second kappa shape index (κ2) is 18.6. The molecule has 0 bridgehead atoms. The van der Waals surface area contributed by atoms with Gasteiger partial charge >= 0.3 is 29.6 Å². The van der Waals surface area contributed by atoms with E-state index in [1.54, 1.807) is 11.8 Å². The van der Waals surface area contributed by atoms with Crippen molar-refractivity contribution in [3.05, 3.63) is 0 Å². The summed E-state index contributed by atoms with van der Waals surface area (Å²) >= 11 is 1.72. The van der Waals surface area contributed by atoms with Crippen LogP contribution in [0.5, 0.6) is 0 Å². The summed E-state index contributed by atoms with van der Waals surface area (Å²) in [6, 6.07) is 0. The zero-order valence-electron chi connectivity index (χ0n) is 15.3. The van der Waals surface area contributed by atoms with E-state index in [0.29, 0.717) is 6.42 Å². The fraction of sp³-hybridized carbons (Fsp3) is 0.882. The normalized spacial score (nSPS) is 12.1. The molecule has 0 saturated heterocycles. The first-order valence-corrected chi connectivity index (χ1v) is 11.4. The monoisotopic (exact) mass is 386 g/mol. The molecule has 0 spiro atoms. The van der Waals surface area contributed by atoms with E-state index >= 15 is 0 Å². The summed E-state index contributed by atoms with van der Waals surface area (Å²) in [5.41, 5.74) is 0. The van der Waals surface area contributed by atoms with Crippen LogP contribution in [0.1, 0.15) is 71.1 Å². The fourth-order valence-corrected chi connectivity index (χ4v) is 3.69. The van der Waals surface area contributed by atoms with Crippen LogP contribution < -0.4 is 29.6 Å². The molecule has 0 amide bonds. The van der Waals surface area contributed by atoms with Crippen LogP contribution in [0.15, 0.2) is 0 Å². The quantitative estimate of drug-likeness (QED) is 0.204. The number of unbranched alkanes of at least 4 members (excludes halogenated alkanes) is 6. The third-order valence-corrected chi connectivity index (χ3v) is 5.32. The number of aliphatic hydroxyl groups is 1. The van der Waals surface area contributed by atoms with E-state index in [1.165, 1.54) is 19.3 Å². The Hall–Kier alpha value is 0.780. The number of hydrogen-bond donors (Lipinski definition) is 1. The summed E-state index contributed by atoms with van der Waals surface area (Å²) < 4.78 is 31.2. The molecule has 24 heavy (non-hydrogen) atoms. The van der Waals surface area contributed by atoms with Gasteiger partial charge in [-0.05, 0) is 37.2 Å². The summed E-state index contributed by atoms with van der Waals surface area (Å²) in [7, 11) is -4.04. The first kappa shape index (κ1) is 27.0. The molecule has 0 aliphatic carbocycles. The second-order valence-electron chi connectivity index (χ2n) is 5.72. The molecule has 1 atom stereocenters. The zero-order chi connectivity index (χ0) is 17.4. The van der Waals surface area contributed by atoms with Crippen molar-refractivity contribution in [2.45, 2.75) is 77.2 Å². The third-order valence-electron chi connectivity index (χ3n) is 3.37. The van der Waals surface area contributed by atoms with Gasteiger partial charge in [0.1, 0.15) is 6.10 Å². The smallest absolute Gasteiger partial charge is 0.748 e. The maximum atomic E-state index is 10.4. The molecule has 0 aliphatic rings. The summed E-state index contributed by atoms with van der Waals surface area (Å²) in [6.07, 6.45) is 9.52. The van der Waals surface area contributed by atoms with Crippen LogP contribution in [0.3, 0.4) is 0 Å². The Labute approximate surface area is 175 Å². The average molecular weight is 387 g/mol. The predicted molar refractivity (Wildman–Crippen MR) is 97.5 cm³/mol. The number of rotatable bonds is 14. The van der Waals surface area contributed by atoms with Gasteiger partial charge in [-0.15, -0.1) is 5.92 Å². The van der Waals surface area contributed by atoms with E-state index in [4.69, 9.17) is 0 Å². The molecule has 136 valence electrons. The minimum atomic E-state index is -4.04. The van der Waals surface area contributed by atoms with Crippen molar-refractivity contribution < 1.29 is 47.6 Å². The van der Waals surface area contributed by atoms with Crippen LogP contribution in [0.4, 0.5) is 0 Å². The molecular formula is C17H31NaO4S2. The number of thioether (sulfide) groups is 1. The molecule has 0 aromatic rings. The topological polar surface area (TPSA) is 77.4 Å². The van der Waals surface area contributed by atoms with Crippen molar-refractivity contribution in [3.63, 3.8) is 0 Å². The Morgan fingerprint density at radius 2 is 1.67 bits per heavy atom. The van der Waals surface area contributed by atoms with E-state index < -0.39 is 16.2 Å². The Morgan fingerprint density at radius 3 is 2.33 bits per heavy atom. The van der Waals surface area contributed by atoms with E-state index in [9.17, 15) is 18.1 Å². The predicted octanol–water partition coefficient (Wildman–Crippen LogP) is 0.554. The fourth-order valence-electron chi connectivity index (χ4n) is 2.05. The van der Waals surface area contributed by atoms with Gasteiger partial charge in [-0.25, -0.2) is 8.42 Å². The molecule has 0 radical (unpaired) electrons. The molecule has 0 saturated carbocycles. The van der Waals surface area contributed by atoms with Gasteiger partial charge in [0.2, 0.25) is 0 Å². The van der Waals surface area contributed by atoms with Crippen molar-refractivity contribution >= 4 is 21.9 Å². The van der Waals surface area contributed by atoms with Gasteiger partial charge in [0.05, 0.1) is 10.1 Å². The van der Waals surface area contributed by atoms with Crippen molar-refractivity contribution in [2.75, 3.05) is 17.3 Å². The third kappa shape index (κ3) is 22.8.